The van der Waals surface area contributed by atoms with Gasteiger partial charge < -0.3 is 14.7 Å². The van der Waals surface area contributed by atoms with E-state index in [4.69, 9.17) is 4.74 Å². The number of aliphatic hydroxyl groups excluding tert-OH is 1. The summed E-state index contributed by atoms with van der Waals surface area (Å²) < 4.78 is 5.23. The Kier molecular flexibility index (Phi) is 5.12. The zero-order valence-corrected chi connectivity index (χ0v) is 10.5. The van der Waals surface area contributed by atoms with Crippen LogP contribution < -0.4 is 0 Å². The van der Waals surface area contributed by atoms with Crippen LogP contribution in [-0.2, 0) is 9.53 Å². The van der Waals surface area contributed by atoms with Crippen LogP contribution in [0, 0.1) is 0 Å². The lowest BCUT2D eigenvalue weighted by Gasteiger charge is -2.24. The topological polar surface area (TPSA) is 49.8 Å². The Morgan fingerprint density at radius 1 is 1.41 bits per heavy atom. The summed E-state index contributed by atoms with van der Waals surface area (Å²) in [6.07, 6.45) is -1.16. The molecule has 1 rings (SSSR count). The summed E-state index contributed by atoms with van der Waals surface area (Å²) in [5.41, 5.74) is 0.817. The van der Waals surface area contributed by atoms with Crippen LogP contribution in [0.25, 0.3) is 0 Å². The molecule has 0 heterocycles. The summed E-state index contributed by atoms with van der Waals surface area (Å²) in [5, 5.41) is 9.26. The molecule has 0 saturated carbocycles. The molecule has 94 valence electrons. The maximum Gasteiger partial charge on any atom is 0.256 e. The highest BCUT2D eigenvalue weighted by Gasteiger charge is 2.23. The maximum absolute atomic E-state index is 12.1. The van der Waals surface area contributed by atoms with E-state index in [9.17, 15) is 9.90 Å². The minimum atomic E-state index is -0.611. The molecule has 0 saturated heterocycles. The Bertz CT molecular complexity index is 351. The number of ether oxygens (including phenoxy) is 1. The van der Waals surface area contributed by atoms with Crippen molar-refractivity contribution in [3.05, 3.63) is 35.9 Å². The van der Waals surface area contributed by atoms with Crippen LogP contribution in [0.5, 0.6) is 0 Å². The highest BCUT2D eigenvalue weighted by Crippen LogP contribution is 2.18. The standard InChI is InChI=1S/C13H19NO3/c1-10(15)9-14(2)13(16)12(17-3)11-7-5-4-6-8-11/h4-8,10,12,15H,9H2,1-3H3. The normalized spacial score (nSPS) is 14.1. The zero-order valence-electron chi connectivity index (χ0n) is 10.5. The average molecular weight is 237 g/mol. The number of hydrogen-bond donors (Lipinski definition) is 1. The molecule has 1 aromatic carbocycles. The first-order chi connectivity index (χ1) is 8.06. The SMILES string of the molecule is COC(C(=O)N(C)CC(C)O)c1ccccc1. The first-order valence-corrected chi connectivity index (χ1v) is 5.57. The number of carbonyl (C=O) groups excluding carboxylic acids is 1. The summed E-state index contributed by atoms with van der Waals surface area (Å²) in [6.45, 7) is 1.94. The molecule has 0 radical (unpaired) electrons. The smallest absolute Gasteiger partial charge is 0.256 e. The van der Waals surface area contributed by atoms with Gasteiger partial charge in [0.25, 0.3) is 5.91 Å². The zero-order chi connectivity index (χ0) is 12.8. The number of methoxy groups -OCH3 is 1. The molecule has 0 aliphatic carbocycles. The third-order valence-electron chi connectivity index (χ3n) is 2.48. The molecular weight excluding hydrogens is 218 g/mol. The minimum absolute atomic E-state index is 0.153. The maximum atomic E-state index is 12.1. The van der Waals surface area contributed by atoms with E-state index in [0.29, 0.717) is 6.54 Å². The summed E-state index contributed by atoms with van der Waals surface area (Å²) >= 11 is 0. The van der Waals surface area contributed by atoms with Gasteiger partial charge in [0.15, 0.2) is 6.10 Å². The molecule has 0 fully saturated rings. The van der Waals surface area contributed by atoms with Gasteiger partial charge in [-0.1, -0.05) is 30.3 Å². The van der Waals surface area contributed by atoms with E-state index >= 15 is 0 Å². The summed E-state index contributed by atoms with van der Waals surface area (Å²) in [4.78, 5) is 13.6. The van der Waals surface area contributed by atoms with Crippen molar-refractivity contribution in [1.82, 2.24) is 4.90 Å². The van der Waals surface area contributed by atoms with E-state index in [1.165, 1.54) is 12.0 Å². The van der Waals surface area contributed by atoms with E-state index in [0.717, 1.165) is 5.56 Å². The number of nitrogens with zero attached hydrogens (tertiary/aromatic N) is 1. The molecule has 4 nitrogen and oxygen atoms in total. The molecule has 1 N–H and O–H groups in total. The quantitative estimate of drug-likeness (QED) is 0.837. The molecule has 17 heavy (non-hydrogen) atoms. The van der Waals surface area contributed by atoms with Crippen molar-refractivity contribution in [2.45, 2.75) is 19.1 Å². The summed E-state index contributed by atoms with van der Waals surface area (Å²) in [6, 6.07) is 9.32. The number of amides is 1. The molecule has 0 aliphatic heterocycles. The lowest BCUT2D eigenvalue weighted by Crippen LogP contribution is -2.37. The number of benzene rings is 1. The van der Waals surface area contributed by atoms with Crippen LogP contribution in [0.15, 0.2) is 30.3 Å². The van der Waals surface area contributed by atoms with Gasteiger partial charge in [0.1, 0.15) is 0 Å². The first kappa shape index (κ1) is 13.7. The van der Waals surface area contributed by atoms with E-state index in [1.54, 1.807) is 14.0 Å². The lowest BCUT2D eigenvalue weighted by molar-refractivity contribution is -0.142. The Balaban J connectivity index is 2.78. The Morgan fingerprint density at radius 3 is 2.47 bits per heavy atom. The number of aliphatic hydroxyl groups is 1. The van der Waals surface area contributed by atoms with E-state index < -0.39 is 12.2 Å². The van der Waals surface area contributed by atoms with E-state index in [2.05, 4.69) is 0 Å². The third-order valence-corrected chi connectivity index (χ3v) is 2.48. The van der Waals surface area contributed by atoms with Gasteiger partial charge in [-0.2, -0.15) is 0 Å². The van der Waals surface area contributed by atoms with Gasteiger partial charge in [0.2, 0.25) is 0 Å². The molecule has 1 aromatic rings. The average Bonchev–Trinajstić information content (AvgIpc) is 2.30. The fourth-order valence-electron chi connectivity index (χ4n) is 1.69. The van der Waals surface area contributed by atoms with Crippen LogP contribution in [-0.4, -0.2) is 42.7 Å². The van der Waals surface area contributed by atoms with Gasteiger partial charge in [-0.05, 0) is 12.5 Å². The van der Waals surface area contributed by atoms with Crippen LogP contribution in [0.4, 0.5) is 0 Å². The van der Waals surface area contributed by atoms with Crippen LogP contribution in [0.2, 0.25) is 0 Å². The van der Waals surface area contributed by atoms with Gasteiger partial charge in [0.05, 0.1) is 6.10 Å². The largest absolute Gasteiger partial charge is 0.392 e. The Hall–Kier alpha value is -1.39. The fourth-order valence-corrected chi connectivity index (χ4v) is 1.69. The number of hydrogen-bond acceptors (Lipinski definition) is 3. The van der Waals surface area contributed by atoms with Crippen LogP contribution in [0.1, 0.15) is 18.6 Å². The number of rotatable bonds is 5. The highest BCUT2D eigenvalue weighted by atomic mass is 16.5. The predicted molar refractivity (Wildman–Crippen MR) is 65.5 cm³/mol. The predicted octanol–water partition coefficient (Wildman–Crippen LogP) is 1.21. The summed E-state index contributed by atoms with van der Waals surface area (Å²) in [5.74, 6) is -0.153. The molecule has 2 unspecified atom stereocenters. The van der Waals surface area contributed by atoms with E-state index in [-0.39, 0.29) is 5.91 Å². The molecule has 0 bridgehead atoms. The molecule has 4 heteroatoms. The lowest BCUT2D eigenvalue weighted by atomic mass is 10.1. The molecule has 0 spiro atoms. The second-order valence-electron chi connectivity index (χ2n) is 4.09. The molecule has 2 atom stereocenters. The second kappa shape index (κ2) is 6.37. The Labute approximate surface area is 102 Å². The monoisotopic (exact) mass is 237 g/mol. The first-order valence-electron chi connectivity index (χ1n) is 5.57. The van der Waals surface area contributed by atoms with Crippen molar-refractivity contribution in [2.24, 2.45) is 0 Å². The van der Waals surface area contributed by atoms with Crippen LogP contribution >= 0.6 is 0 Å². The van der Waals surface area contributed by atoms with Crippen molar-refractivity contribution >= 4 is 5.91 Å². The number of likely N-dealkylation sites (N-methyl/N-ethyl adjacent to an activating group) is 1. The van der Waals surface area contributed by atoms with Crippen molar-refractivity contribution in [3.8, 4) is 0 Å². The van der Waals surface area contributed by atoms with Gasteiger partial charge in [-0.3, -0.25) is 4.79 Å². The molecule has 0 aromatic heterocycles. The third kappa shape index (κ3) is 3.84. The summed E-state index contributed by atoms with van der Waals surface area (Å²) in [7, 11) is 3.16. The van der Waals surface area contributed by atoms with Crippen molar-refractivity contribution in [1.29, 1.82) is 0 Å². The van der Waals surface area contributed by atoms with E-state index in [1.807, 2.05) is 30.3 Å². The molecular formula is C13H19NO3. The second-order valence-corrected chi connectivity index (χ2v) is 4.09. The van der Waals surface area contributed by atoms with Crippen molar-refractivity contribution < 1.29 is 14.6 Å². The molecule has 0 aliphatic rings. The Morgan fingerprint density at radius 2 is 2.00 bits per heavy atom. The number of carbonyl (C=O) groups is 1. The van der Waals surface area contributed by atoms with Crippen molar-refractivity contribution in [3.63, 3.8) is 0 Å². The van der Waals surface area contributed by atoms with Gasteiger partial charge in [-0.15, -0.1) is 0 Å². The van der Waals surface area contributed by atoms with Crippen molar-refractivity contribution in [2.75, 3.05) is 20.7 Å². The van der Waals surface area contributed by atoms with Crippen LogP contribution in [0.3, 0.4) is 0 Å². The molecule has 1 amide bonds. The van der Waals surface area contributed by atoms with Gasteiger partial charge >= 0.3 is 0 Å². The fraction of sp³-hybridized carbons (Fsp3) is 0.462. The van der Waals surface area contributed by atoms with Gasteiger partial charge in [0, 0.05) is 20.7 Å². The minimum Gasteiger partial charge on any atom is -0.392 e. The van der Waals surface area contributed by atoms with Gasteiger partial charge in [-0.25, -0.2) is 0 Å². The highest BCUT2D eigenvalue weighted by molar-refractivity contribution is 5.82.